The van der Waals surface area contributed by atoms with Gasteiger partial charge in [-0.2, -0.15) is 0 Å². The van der Waals surface area contributed by atoms with E-state index in [2.05, 4.69) is 26.0 Å². The summed E-state index contributed by atoms with van der Waals surface area (Å²) in [7, 11) is 1.49. The van der Waals surface area contributed by atoms with Gasteiger partial charge in [0.15, 0.2) is 5.78 Å². The van der Waals surface area contributed by atoms with E-state index in [1.807, 2.05) is 6.92 Å². The minimum Gasteiger partial charge on any atom is -0.469 e. The Morgan fingerprint density at radius 2 is 1.85 bits per heavy atom. The number of esters is 1. The van der Waals surface area contributed by atoms with Crippen LogP contribution in [-0.2, 0) is 14.3 Å². The number of Topliss-reactive ketones (excluding diaryl/α,β-unsaturated/α-hetero) is 1. The lowest BCUT2D eigenvalue weighted by Crippen LogP contribution is -2.54. The van der Waals surface area contributed by atoms with Crippen LogP contribution in [0.25, 0.3) is 0 Å². The van der Waals surface area contributed by atoms with E-state index < -0.39 is 0 Å². The summed E-state index contributed by atoms with van der Waals surface area (Å²) in [4.78, 5) is 24.3. The molecule has 4 nitrogen and oxygen atoms in total. The third-order valence-electron chi connectivity index (χ3n) is 9.17. The van der Waals surface area contributed by atoms with Crippen molar-refractivity contribution in [1.82, 2.24) is 0 Å². The van der Waals surface area contributed by atoms with Crippen molar-refractivity contribution in [3.8, 4) is 0 Å². The van der Waals surface area contributed by atoms with Gasteiger partial charge in [-0.15, -0.1) is 0 Å². The summed E-state index contributed by atoms with van der Waals surface area (Å²) in [6.07, 6.45) is 10.5. The molecule has 0 aromatic heterocycles. The number of carbonyl (C=O) groups is 2. The van der Waals surface area contributed by atoms with Gasteiger partial charge in [0.2, 0.25) is 0 Å². The average Bonchev–Trinajstić information content (AvgIpc) is 3.01. The normalized spacial score (nSPS) is 47.0. The summed E-state index contributed by atoms with van der Waals surface area (Å²) in [6, 6.07) is 0. The topological polar surface area (TPSA) is 67.2 Å². The smallest absolute Gasteiger partial charge is 0.308 e. The quantitative estimate of drug-likeness (QED) is 0.577. The minimum absolute atomic E-state index is 0.00412. The summed E-state index contributed by atoms with van der Waals surface area (Å²) in [6.45, 7) is 6.77. The molecule has 4 rings (SSSR count). The first-order chi connectivity index (χ1) is 12.7. The first-order valence-corrected chi connectivity index (χ1v) is 10.6. The fraction of sp³-hybridized carbons (Fsp3) is 0.783. The summed E-state index contributed by atoms with van der Waals surface area (Å²) in [5.74, 6) is 1.96. The van der Waals surface area contributed by atoms with E-state index in [-0.39, 0.29) is 34.4 Å². The van der Waals surface area contributed by atoms with Crippen molar-refractivity contribution in [3.05, 3.63) is 12.2 Å². The number of ether oxygens (including phenoxy) is 1. The molecule has 0 aliphatic heterocycles. The number of hydrogen-bond donors (Lipinski definition) is 1. The van der Waals surface area contributed by atoms with Crippen LogP contribution in [0, 0.1) is 51.7 Å². The van der Waals surface area contributed by atoms with Gasteiger partial charge in [-0.1, -0.05) is 32.9 Å². The van der Waals surface area contributed by atoms with Crippen molar-refractivity contribution in [3.63, 3.8) is 0 Å². The Morgan fingerprint density at radius 3 is 2.56 bits per heavy atom. The van der Waals surface area contributed by atoms with E-state index in [9.17, 15) is 9.59 Å². The van der Waals surface area contributed by atoms with E-state index in [1.54, 1.807) is 0 Å². The molecule has 0 amide bonds. The molecule has 1 N–H and O–H groups in total. The molecule has 27 heavy (non-hydrogen) atoms. The van der Waals surface area contributed by atoms with Crippen LogP contribution < -0.4 is 0 Å². The summed E-state index contributed by atoms with van der Waals surface area (Å²) >= 11 is 0. The molecule has 0 spiro atoms. The third kappa shape index (κ3) is 2.51. The highest BCUT2D eigenvalue weighted by atomic mass is 16.5. The van der Waals surface area contributed by atoms with Crippen molar-refractivity contribution >= 4 is 17.5 Å². The van der Waals surface area contributed by atoms with Crippen molar-refractivity contribution in [1.29, 1.82) is 5.41 Å². The maximum absolute atomic E-state index is 12.2. The van der Waals surface area contributed by atoms with Gasteiger partial charge in [-0.25, -0.2) is 0 Å². The molecule has 148 valence electrons. The van der Waals surface area contributed by atoms with Crippen LogP contribution in [0.4, 0.5) is 0 Å². The molecule has 4 aliphatic rings. The van der Waals surface area contributed by atoms with Crippen LogP contribution in [-0.4, -0.2) is 24.6 Å². The molecule has 3 fully saturated rings. The van der Waals surface area contributed by atoms with Gasteiger partial charge in [0.05, 0.1) is 18.7 Å². The van der Waals surface area contributed by atoms with Crippen LogP contribution >= 0.6 is 0 Å². The van der Waals surface area contributed by atoms with Crippen LogP contribution in [0.15, 0.2) is 12.2 Å². The van der Waals surface area contributed by atoms with Crippen LogP contribution in [0.1, 0.15) is 59.3 Å². The fourth-order valence-corrected chi connectivity index (χ4v) is 7.59. The second kappa shape index (κ2) is 6.28. The van der Waals surface area contributed by atoms with E-state index in [0.29, 0.717) is 35.8 Å². The lowest BCUT2D eigenvalue weighted by atomic mass is 9.46. The Balaban J connectivity index is 1.65. The number of carbonyl (C=O) groups excluding carboxylic acids is 2. The monoisotopic (exact) mass is 371 g/mol. The number of ketones is 1. The molecule has 4 heteroatoms. The molecule has 0 aromatic rings. The van der Waals surface area contributed by atoms with Gasteiger partial charge >= 0.3 is 5.97 Å². The Labute approximate surface area is 162 Å². The van der Waals surface area contributed by atoms with E-state index >= 15 is 0 Å². The van der Waals surface area contributed by atoms with Crippen molar-refractivity contribution in [2.75, 3.05) is 7.11 Å². The molecule has 2 unspecified atom stereocenters. The highest BCUT2D eigenvalue weighted by Crippen LogP contribution is 2.66. The second-order valence-corrected chi connectivity index (χ2v) is 10.0. The number of rotatable bonds is 2. The molecule has 0 aromatic carbocycles. The zero-order valence-corrected chi connectivity index (χ0v) is 17.1. The second-order valence-electron chi connectivity index (χ2n) is 10.0. The fourth-order valence-electron chi connectivity index (χ4n) is 7.59. The predicted octanol–water partition coefficient (Wildman–Crippen LogP) is 4.43. The Bertz CT molecular complexity index is 712. The average molecular weight is 372 g/mol. The van der Waals surface area contributed by atoms with Crippen molar-refractivity contribution in [2.45, 2.75) is 59.3 Å². The van der Waals surface area contributed by atoms with Gasteiger partial charge in [0, 0.05) is 12.3 Å². The number of allylic oxidation sites excluding steroid dienone is 2. The summed E-state index contributed by atoms with van der Waals surface area (Å²) < 4.78 is 5.06. The number of hydrogen-bond acceptors (Lipinski definition) is 4. The van der Waals surface area contributed by atoms with Crippen LogP contribution in [0.3, 0.4) is 0 Å². The molecule has 0 radical (unpaired) electrons. The number of nitrogens with one attached hydrogen (secondary N) is 1. The van der Waals surface area contributed by atoms with E-state index in [4.69, 9.17) is 10.1 Å². The molecular weight excluding hydrogens is 338 g/mol. The van der Waals surface area contributed by atoms with E-state index in [1.165, 1.54) is 13.5 Å². The minimum atomic E-state index is -0.0746. The maximum Gasteiger partial charge on any atom is 0.308 e. The maximum atomic E-state index is 12.2. The number of methoxy groups -OCH3 is 1. The predicted molar refractivity (Wildman–Crippen MR) is 104 cm³/mol. The highest BCUT2D eigenvalue weighted by molar-refractivity contribution is 6.40. The van der Waals surface area contributed by atoms with Gasteiger partial charge in [0.1, 0.15) is 0 Å². The first-order valence-electron chi connectivity index (χ1n) is 10.6. The Hall–Kier alpha value is -1.45. The molecule has 0 bridgehead atoms. The molecular formula is C23H33NO3. The molecule has 0 saturated heterocycles. The van der Waals surface area contributed by atoms with Gasteiger partial charge in [0.25, 0.3) is 0 Å². The highest BCUT2D eigenvalue weighted by Gasteiger charge is 2.60. The summed E-state index contributed by atoms with van der Waals surface area (Å²) in [5.41, 5.74) is 0.549. The van der Waals surface area contributed by atoms with Crippen molar-refractivity contribution < 1.29 is 14.3 Å². The number of fused-ring (bicyclic) bond motifs is 5. The SMILES string of the molecule is COC(=O)C(C)[C@H]1CC[C@H]2[C@@H]3C=CC4C(=N)C(=O)CC[C@]4(C)[C@H]3CC[C@]12C. The lowest BCUT2D eigenvalue weighted by Gasteiger charge is -2.58. The lowest BCUT2D eigenvalue weighted by molar-refractivity contribution is -0.149. The molecule has 8 atom stereocenters. The first kappa shape index (κ1) is 18.9. The molecule has 0 heterocycles. The van der Waals surface area contributed by atoms with Gasteiger partial charge in [-0.3, -0.25) is 9.59 Å². The largest absolute Gasteiger partial charge is 0.469 e. The molecule has 4 aliphatic carbocycles. The zero-order chi connectivity index (χ0) is 19.6. The van der Waals surface area contributed by atoms with Gasteiger partial charge < -0.3 is 10.1 Å². The van der Waals surface area contributed by atoms with Crippen LogP contribution in [0.5, 0.6) is 0 Å². The van der Waals surface area contributed by atoms with Crippen molar-refractivity contribution in [2.24, 2.45) is 46.3 Å². The summed E-state index contributed by atoms with van der Waals surface area (Å²) in [5, 5.41) is 8.34. The van der Waals surface area contributed by atoms with E-state index in [0.717, 1.165) is 25.7 Å². The Kier molecular flexibility index (Phi) is 4.40. The zero-order valence-electron chi connectivity index (χ0n) is 17.1. The third-order valence-corrected chi connectivity index (χ3v) is 9.17. The van der Waals surface area contributed by atoms with Gasteiger partial charge in [-0.05, 0) is 66.6 Å². The Morgan fingerprint density at radius 1 is 1.15 bits per heavy atom. The standard InChI is InChI=1S/C23H33NO3/c1-13(21(26)27-4)15-7-8-16-14-5-6-18-20(24)19(25)10-12-23(18,3)17(14)9-11-22(15,16)2/h5-6,13-18,24H,7-12H2,1-4H3/t13?,14-,15+,16-,17-,18?,22+,23+/m0/s1. The van der Waals surface area contributed by atoms with Crippen LogP contribution in [0.2, 0.25) is 0 Å². The molecule has 3 saturated carbocycles.